The molecule has 202 valence electrons. The Morgan fingerprint density at radius 2 is 1.95 bits per heavy atom. The lowest BCUT2D eigenvalue weighted by molar-refractivity contribution is -0.126. The molecule has 1 saturated heterocycles. The van der Waals surface area contributed by atoms with Gasteiger partial charge in [-0.05, 0) is 68.0 Å². The van der Waals surface area contributed by atoms with E-state index >= 15 is 0 Å². The highest BCUT2D eigenvalue weighted by Gasteiger charge is 2.56. The van der Waals surface area contributed by atoms with Gasteiger partial charge in [0.15, 0.2) is 0 Å². The van der Waals surface area contributed by atoms with Crippen LogP contribution in [0, 0.1) is 5.92 Å². The smallest absolute Gasteiger partial charge is 0.325 e. The number of likely N-dealkylation sites (N-methyl/N-ethyl adjacent to an activating group) is 1. The van der Waals surface area contributed by atoms with Crippen molar-refractivity contribution in [2.24, 2.45) is 5.92 Å². The molecule has 9 nitrogen and oxygen atoms in total. The normalized spacial score (nSPS) is 24.1. The largest absolute Gasteiger partial charge is 0.507 e. The van der Waals surface area contributed by atoms with Gasteiger partial charge in [-0.15, -0.1) is 0 Å². The summed E-state index contributed by atoms with van der Waals surface area (Å²) in [5.74, 6) is 0.244. The first kappa shape index (κ1) is 25.3. The zero-order valence-electron chi connectivity index (χ0n) is 21.9. The molecule has 1 saturated carbocycles. The molecule has 4 N–H and O–H groups in total. The minimum Gasteiger partial charge on any atom is -0.507 e. The molecule has 2 aromatic carbocycles. The van der Waals surface area contributed by atoms with Crippen molar-refractivity contribution in [1.29, 1.82) is 0 Å². The van der Waals surface area contributed by atoms with Crippen LogP contribution in [0.15, 0.2) is 52.2 Å². The molecule has 3 aliphatic rings. The standard InChI is InChI=1S/C30H32N4O5/c1-34-13-11-30-15-20(35)7-9-23(30)24(34)14-19-6-8-21(26(36)25(19)30)27(37)31-12-10-17-2-4-18(5-3-17)22-16-32-29(39)33-28(22)38/h2-6,8,16,23-24,36H,7,9-15H2,1H3,(H,31,37)(H2,32,33,38,39)/t23?,24-,30+/m1/s1. The number of nitrogens with one attached hydrogen (secondary N) is 3. The number of fused-ring (bicyclic) bond motifs is 1. The van der Waals surface area contributed by atoms with Crippen LogP contribution in [0.25, 0.3) is 11.1 Å². The highest BCUT2D eigenvalue weighted by Crippen LogP contribution is 2.57. The van der Waals surface area contributed by atoms with E-state index in [1.54, 1.807) is 18.2 Å². The molecule has 1 aliphatic heterocycles. The van der Waals surface area contributed by atoms with Crippen LogP contribution in [0.3, 0.4) is 0 Å². The SMILES string of the molecule is CN1CC[C@]23CC(=O)CCC2[C@H]1Cc1ccc(C(=O)NCCc2ccc(-c4c[nH]c(=O)[nH]c4=O)cc2)c(O)c13. The molecule has 0 spiro atoms. The Labute approximate surface area is 225 Å². The lowest BCUT2D eigenvalue weighted by Crippen LogP contribution is -2.61. The Hall–Kier alpha value is -3.98. The van der Waals surface area contributed by atoms with Gasteiger partial charge in [0.05, 0.1) is 11.1 Å². The lowest BCUT2D eigenvalue weighted by atomic mass is 9.52. The zero-order valence-corrected chi connectivity index (χ0v) is 21.9. The number of phenolic OH excluding ortho intramolecular Hbond substituents is 1. The number of amides is 1. The number of rotatable bonds is 5. The van der Waals surface area contributed by atoms with Gasteiger partial charge in [-0.3, -0.25) is 19.4 Å². The number of H-pyrrole nitrogens is 2. The first-order valence-electron chi connectivity index (χ1n) is 13.5. The Balaban J connectivity index is 1.18. The van der Waals surface area contributed by atoms with Crippen molar-refractivity contribution in [2.45, 2.75) is 50.0 Å². The number of Topliss-reactive ketones (excluding diaryl/α,β-unsaturated/α-hetero) is 1. The summed E-state index contributed by atoms with van der Waals surface area (Å²) in [6.45, 7) is 1.24. The Kier molecular flexibility index (Phi) is 6.26. The van der Waals surface area contributed by atoms with E-state index in [-0.39, 0.29) is 23.0 Å². The highest BCUT2D eigenvalue weighted by molar-refractivity contribution is 5.98. The number of benzene rings is 2. The van der Waals surface area contributed by atoms with Crippen LogP contribution >= 0.6 is 0 Å². The number of piperidine rings is 1. The van der Waals surface area contributed by atoms with Crippen molar-refractivity contribution in [3.05, 3.63) is 85.7 Å². The average molecular weight is 529 g/mol. The molecule has 3 aromatic rings. The zero-order chi connectivity index (χ0) is 27.3. The number of likely N-dealkylation sites (tertiary alicyclic amines) is 1. The van der Waals surface area contributed by atoms with Crippen molar-refractivity contribution in [2.75, 3.05) is 20.1 Å². The van der Waals surface area contributed by atoms with Crippen LogP contribution in [-0.4, -0.2) is 57.8 Å². The summed E-state index contributed by atoms with van der Waals surface area (Å²) in [5.41, 5.74) is 2.74. The van der Waals surface area contributed by atoms with E-state index in [9.17, 15) is 24.3 Å². The van der Waals surface area contributed by atoms with Crippen molar-refractivity contribution >= 4 is 11.7 Å². The van der Waals surface area contributed by atoms with E-state index in [4.69, 9.17) is 0 Å². The van der Waals surface area contributed by atoms with Crippen LogP contribution < -0.4 is 16.6 Å². The van der Waals surface area contributed by atoms with Crippen molar-refractivity contribution in [3.63, 3.8) is 0 Å². The van der Waals surface area contributed by atoms with Crippen LogP contribution in [0.5, 0.6) is 5.75 Å². The number of aromatic nitrogens is 2. The maximum Gasteiger partial charge on any atom is 0.325 e. The molecule has 1 amide bonds. The molecule has 9 heteroatoms. The number of carbonyl (C=O) groups is 2. The number of nitrogens with zero attached hydrogens (tertiary/aromatic N) is 1. The van der Waals surface area contributed by atoms with E-state index in [2.05, 4.69) is 27.2 Å². The first-order chi connectivity index (χ1) is 18.8. The maximum absolute atomic E-state index is 13.2. The Bertz CT molecular complexity index is 1570. The van der Waals surface area contributed by atoms with Crippen molar-refractivity contribution in [1.82, 2.24) is 20.2 Å². The highest BCUT2D eigenvalue weighted by atomic mass is 16.3. The third kappa shape index (κ3) is 4.30. The van der Waals surface area contributed by atoms with Crippen LogP contribution in [0.1, 0.15) is 52.7 Å². The number of phenols is 1. The molecular formula is C30H32N4O5. The molecule has 39 heavy (non-hydrogen) atoms. The maximum atomic E-state index is 13.2. The second kappa shape index (κ2) is 9.64. The second-order valence-electron chi connectivity index (χ2n) is 11.2. The van der Waals surface area contributed by atoms with Crippen LogP contribution in [0.2, 0.25) is 0 Å². The van der Waals surface area contributed by atoms with Gasteiger partial charge in [0.1, 0.15) is 11.5 Å². The van der Waals surface area contributed by atoms with Crippen LogP contribution in [-0.2, 0) is 23.1 Å². The number of aromatic hydroxyl groups is 1. The van der Waals surface area contributed by atoms with Crippen molar-refractivity contribution < 1.29 is 14.7 Å². The minimum atomic E-state index is -0.552. The van der Waals surface area contributed by atoms with Gasteiger partial charge < -0.3 is 20.3 Å². The molecule has 3 atom stereocenters. The van der Waals surface area contributed by atoms with E-state index in [1.165, 1.54) is 6.20 Å². The number of hydrogen-bond acceptors (Lipinski definition) is 6. The van der Waals surface area contributed by atoms with Gasteiger partial charge in [-0.25, -0.2) is 4.79 Å². The molecule has 0 radical (unpaired) electrons. The minimum absolute atomic E-state index is 0.0307. The second-order valence-corrected chi connectivity index (χ2v) is 11.2. The molecule has 6 rings (SSSR count). The molecule has 2 aliphatic carbocycles. The van der Waals surface area contributed by atoms with Gasteiger partial charge in [-0.1, -0.05) is 30.3 Å². The number of ketones is 1. The first-order valence-corrected chi connectivity index (χ1v) is 13.5. The lowest BCUT2D eigenvalue weighted by Gasteiger charge is -2.58. The fourth-order valence-corrected chi connectivity index (χ4v) is 7.20. The van der Waals surface area contributed by atoms with Gasteiger partial charge in [-0.2, -0.15) is 0 Å². The monoisotopic (exact) mass is 528 g/mol. The summed E-state index contributed by atoms with van der Waals surface area (Å²) in [5, 5.41) is 14.4. The molecule has 1 aromatic heterocycles. The number of hydrogen-bond donors (Lipinski definition) is 4. The van der Waals surface area contributed by atoms with Gasteiger partial charge in [0.25, 0.3) is 11.5 Å². The number of carbonyl (C=O) groups excluding carboxylic acids is 2. The predicted molar refractivity (Wildman–Crippen MR) is 146 cm³/mol. The third-order valence-corrected chi connectivity index (χ3v) is 9.12. The van der Waals surface area contributed by atoms with Crippen molar-refractivity contribution in [3.8, 4) is 16.9 Å². The number of aromatic amines is 2. The summed E-state index contributed by atoms with van der Waals surface area (Å²) in [4.78, 5) is 56.2. The average Bonchev–Trinajstić information content (AvgIpc) is 2.91. The summed E-state index contributed by atoms with van der Waals surface area (Å²) in [6, 6.07) is 11.4. The van der Waals surface area contributed by atoms with E-state index < -0.39 is 16.7 Å². The molecule has 2 heterocycles. The quantitative estimate of drug-likeness (QED) is 0.401. The summed E-state index contributed by atoms with van der Waals surface area (Å²) >= 11 is 0. The van der Waals surface area contributed by atoms with Gasteiger partial charge in [0.2, 0.25) is 0 Å². The summed E-state index contributed by atoms with van der Waals surface area (Å²) < 4.78 is 0. The van der Waals surface area contributed by atoms with Gasteiger partial charge in [0, 0.05) is 42.6 Å². The molecule has 2 fully saturated rings. The van der Waals surface area contributed by atoms with E-state index in [1.807, 2.05) is 18.2 Å². The van der Waals surface area contributed by atoms with E-state index in [0.717, 1.165) is 42.5 Å². The molecule has 1 unspecified atom stereocenters. The van der Waals surface area contributed by atoms with Crippen LogP contribution in [0.4, 0.5) is 0 Å². The van der Waals surface area contributed by atoms with Gasteiger partial charge >= 0.3 is 5.69 Å². The Morgan fingerprint density at radius 1 is 1.15 bits per heavy atom. The molecular weight excluding hydrogens is 496 g/mol. The summed E-state index contributed by atoms with van der Waals surface area (Å²) in [7, 11) is 2.15. The molecule has 2 bridgehead atoms. The fraction of sp³-hybridized carbons (Fsp3) is 0.400. The summed E-state index contributed by atoms with van der Waals surface area (Å²) in [6.07, 6.45) is 5.45. The third-order valence-electron chi connectivity index (χ3n) is 9.12. The Morgan fingerprint density at radius 3 is 2.72 bits per heavy atom. The fourth-order valence-electron chi connectivity index (χ4n) is 7.20. The topological polar surface area (TPSA) is 135 Å². The predicted octanol–water partition coefficient (Wildman–Crippen LogP) is 2.28. The van der Waals surface area contributed by atoms with E-state index in [0.29, 0.717) is 48.9 Å².